The Balaban J connectivity index is 2.82. The summed E-state index contributed by atoms with van der Waals surface area (Å²) in [6, 6.07) is -1.11. The fourth-order valence-electron chi connectivity index (χ4n) is 9.23. The van der Waals surface area contributed by atoms with E-state index in [1.807, 2.05) is 41.5 Å². The lowest BCUT2D eigenvalue weighted by atomic mass is 10.0. The van der Waals surface area contributed by atoms with Gasteiger partial charge in [-0.1, -0.05) is 71.9 Å². The van der Waals surface area contributed by atoms with Gasteiger partial charge < -0.3 is 129 Å². The number of carboxylic acids is 1. The number of carboxylic acid groups (broad SMARTS) is 1. The zero-order chi connectivity index (χ0) is 85.1. The number of amides is 13. The van der Waals surface area contributed by atoms with E-state index in [0.717, 1.165) is 0 Å². The summed E-state index contributed by atoms with van der Waals surface area (Å²) in [7, 11) is 0. The van der Waals surface area contributed by atoms with Crippen LogP contribution in [0.15, 0.2) is 30.3 Å². The number of nitrogens with one attached hydrogen (secondary N) is 14. The van der Waals surface area contributed by atoms with Gasteiger partial charge in [0.05, 0.1) is 92.2 Å². The van der Waals surface area contributed by atoms with Gasteiger partial charge in [-0.05, 0) is 44.2 Å². The van der Waals surface area contributed by atoms with Crippen molar-refractivity contribution in [2.24, 2.45) is 17.2 Å². The third kappa shape index (κ3) is 55.5. The van der Waals surface area contributed by atoms with Crippen LogP contribution in [0.5, 0.6) is 0 Å². The first-order valence-electron chi connectivity index (χ1n) is 37.0. The van der Waals surface area contributed by atoms with Crippen LogP contribution in [0, 0.1) is 5.41 Å². The average molecular weight is 1700 g/mol. The van der Waals surface area contributed by atoms with E-state index in [2.05, 4.69) is 81.7 Å². The standard InChI is InChI=1S/C70H120ClN17O23S3/c1-69(2,3)113-44-52(87-63(99)48(15-10-11-17-72)82-55(90)37-71)66(102)84-47(16-12-18-80-68(74)75)61(97)81-38-56(91)83-50(36-60(95)96)65(101)88-53(45-114-70(4,5)6)67(103)85-49(35-46-13-8-7-9-14-46)64(100)86-51(43-112)62(98)79-22-26-107-30-34-109-33-29-106-25-21-78-59(94)42-111-41-58(93)77-20-24-105-28-32-108-31-27-104-23-19-76-57(92)40-110-39-54(73)89/h7-9,13-14,47-53,112H,10-12,15-45,72H2,1-6H3,(H2,73,89)(H,76,92)(H,77,93)(H,78,94)(H,79,98)(H,81,97)(H,82,90)(H,83,91)(H,84,102)(H,85,103)(H,86,100)(H,87,99)(H,88,101)(H,95,96)(H4,74,75,80)/t47-,48-,49-,50-,51-,52-,53-/m0/s1. The van der Waals surface area contributed by atoms with Gasteiger partial charge in [-0.2, -0.15) is 36.2 Å². The number of alkyl halides is 1. The average Bonchev–Trinajstić information content (AvgIpc) is 0.884. The number of guanidine groups is 1. The van der Waals surface area contributed by atoms with Crippen molar-refractivity contribution in [3.63, 3.8) is 0 Å². The molecule has 40 nitrogen and oxygen atoms in total. The molecule has 114 heavy (non-hydrogen) atoms. The molecule has 0 bridgehead atoms. The van der Waals surface area contributed by atoms with Gasteiger partial charge >= 0.3 is 5.97 Å². The van der Waals surface area contributed by atoms with E-state index in [1.165, 1.54) is 23.5 Å². The Labute approximate surface area is 683 Å². The second-order valence-electron chi connectivity index (χ2n) is 26.9. The van der Waals surface area contributed by atoms with Gasteiger partial charge in [0, 0.05) is 65.9 Å². The van der Waals surface area contributed by atoms with Crippen molar-refractivity contribution in [1.29, 1.82) is 5.41 Å². The molecule has 0 saturated carbocycles. The second kappa shape index (κ2) is 62.4. The predicted octanol–water partition coefficient (Wildman–Crippen LogP) is -5.08. The molecule has 0 unspecified atom stereocenters. The van der Waals surface area contributed by atoms with Crippen molar-refractivity contribution >= 4 is 136 Å². The minimum absolute atomic E-state index is 0.00838. The highest BCUT2D eigenvalue weighted by Gasteiger charge is 2.35. The largest absolute Gasteiger partial charge is 0.481 e. The number of halogens is 1. The fraction of sp³-hybridized carbons (Fsp3) is 0.700. The molecule has 648 valence electrons. The van der Waals surface area contributed by atoms with Crippen LogP contribution < -0.4 is 86.3 Å². The molecule has 7 atom stereocenters. The number of primary amides is 1. The number of carbonyl (C=O) groups excluding carboxylic acids is 13. The number of rotatable bonds is 66. The first-order chi connectivity index (χ1) is 54.2. The molecule has 0 spiro atoms. The van der Waals surface area contributed by atoms with E-state index in [9.17, 15) is 72.2 Å². The van der Waals surface area contributed by atoms with Gasteiger partial charge in [-0.15, -0.1) is 11.6 Å². The highest BCUT2D eigenvalue weighted by molar-refractivity contribution is 8.00. The topological polar surface area (TPSA) is 591 Å². The van der Waals surface area contributed by atoms with Crippen molar-refractivity contribution in [2.45, 2.75) is 138 Å². The molecule has 0 saturated heterocycles. The molecule has 0 aromatic heterocycles. The number of thiol groups is 1. The van der Waals surface area contributed by atoms with E-state index in [-0.39, 0.29) is 168 Å². The number of hydrogen-bond donors (Lipinski definition) is 19. The Kier molecular flexibility index (Phi) is 56.9. The number of thioether (sulfide) groups is 2. The van der Waals surface area contributed by atoms with Gasteiger partial charge in [0.2, 0.25) is 76.8 Å². The SMILES string of the molecule is CC(C)(C)SC[C@H](NC(=O)[C@H](CCCCN)NC(=O)CCl)C(=O)N[C@@H](CCCNC(=N)N)C(=O)NCC(=O)N[C@@H](CC(=O)O)C(=O)N[C@@H](CSC(C)(C)C)C(=O)N[C@@H](Cc1ccccc1)C(=O)N[C@@H](CS)C(=O)NCCOCCOCCOCCNC(=O)COCC(=O)NCCOCCOCCOCCNC(=O)COCC(N)=O. The number of aliphatic carboxylic acids is 1. The summed E-state index contributed by atoms with van der Waals surface area (Å²) in [6.45, 7) is 12.6. The molecular weight excluding hydrogens is 1580 g/mol. The molecule has 21 N–H and O–H groups in total. The quantitative estimate of drug-likeness (QED) is 0.00954. The Bertz CT molecular complexity index is 3100. The Hall–Kier alpha value is -7.95. The maximum absolute atomic E-state index is 14.5. The third-order valence-corrected chi connectivity index (χ3v) is 18.2. The van der Waals surface area contributed by atoms with Gasteiger partial charge in [-0.25, -0.2) is 0 Å². The van der Waals surface area contributed by atoms with Gasteiger partial charge in [0.15, 0.2) is 5.96 Å². The van der Waals surface area contributed by atoms with Crippen LogP contribution in [0.2, 0.25) is 0 Å². The van der Waals surface area contributed by atoms with Gasteiger partial charge in [-0.3, -0.25) is 72.5 Å². The lowest BCUT2D eigenvalue weighted by Crippen LogP contribution is -2.60. The van der Waals surface area contributed by atoms with E-state index >= 15 is 0 Å². The number of unbranched alkanes of at least 4 members (excludes halogenated alkanes) is 1. The van der Waals surface area contributed by atoms with E-state index in [1.54, 1.807) is 30.3 Å². The minimum Gasteiger partial charge on any atom is -0.481 e. The van der Waals surface area contributed by atoms with Crippen LogP contribution in [0.3, 0.4) is 0 Å². The summed E-state index contributed by atoms with van der Waals surface area (Å²) in [5, 5.41) is 51.0. The third-order valence-electron chi connectivity index (χ3n) is 14.8. The second-order valence-corrected chi connectivity index (χ2v) is 31.3. The van der Waals surface area contributed by atoms with Crippen molar-refractivity contribution in [1.82, 2.24) is 69.1 Å². The smallest absolute Gasteiger partial charge is 0.305 e. The van der Waals surface area contributed by atoms with Crippen LogP contribution in [0.1, 0.15) is 85.6 Å². The molecule has 0 aliphatic heterocycles. The first-order valence-corrected chi connectivity index (χ1v) is 40.2. The van der Waals surface area contributed by atoms with Crippen molar-refractivity contribution in [3.05, 3.63) is 35.9 Å². The molecule has 0 aliphatic rings. The van der Waals surface area contributed by atoms with Crippen LogP contribution in [-0.4, -0.2) is 320 Å². The van der Waals surface area contributed by atoms with Crippen LogP contribution >= 0.6 is 47.8 Å². The number of carbonyl (C=O) groups is 14. The number of nitrogens with two attached hydrogens (primary N) is 3. The Morgan fingerprint density at radius 1 is 0.439 bits per heavy atom. The predicted molar refractivity (Wildman–Crippen MR) is 428 cm³/mol. The Morgan fingerprint density at radius 3 is 1.26 bits per heavy atom. The molecular formula is C70H120ClN17O23S3. The monoisotopic (exact) mass is 1700 g/mol. The molecule has 44 heteroatoms. The van der Waals surface area contributed by atoms with Gasteiger partial charge in [0.25, 0.3) is 0 Å². The van der Waals surface area contributed by atoms with Crippen LogP contribution in [0.25, 0.3) is 0 Å². The van der Waals surface area contributed by atoms with Crippen molar-refractivity contribution < 1.29 is 110 Å². The fourth-order valence-corrected chi connectivity index (χ4v) is 11.4. The summed E-state index contributed by atoms with van der Waals surface area (Å²) in [4.78, 5) is 183. The molecule has 0 radical (unpaired) electrons. The normalized spacial score (nSPS) is 13.1. The number of benzene rings is 1. The minimum atomic E-state index is -1.85. The number of ether oxygens (including phenoxy) is 8. The zero-order valence-electron chi connectivity index (χ0n) is 65.8. The molecule has 1 aromatic carbocycles. The summed E-state index contributed by atoms with van der Waals surface area (Å²) in [5.74, 6) is -12.2. The summed E-state index contributed by atoms with van der Waals surface area (Å²) < 4.78 is 41.7. The maximum atomic E-state index is 14.5. The highest BCUT2D eigenvalue weighted by atomic mass is 35.5. The molecule has 0 fully saturated rings. The molecule has 1 aromatic rings. The van der Waals surface area contributed by atoms with Gasteiger partial charge in [0.1, 0.15) is 74.6 Å². The molecule has 0 aliphatic carbocycles. The summed E-state index contributed by atoms with van der Waals surface area (Å²) >= 11 is 12.6. The Morgan fingerprint density at radius 2 is 0.825 bits per heavy atom. The highest BCUT2D eigenvalue weighted by Crippen LogP contribution is 2.25. The summed E-state index contributed by atoms with van der Waals surface area (Å²) in [5.41, 5.74) is 16.6. The number of hydrogen-bond acceptors (Lipinski definition) is 27. The molecule has 0 heterocycles. The maximum Gasteiger partial charge on any atom is 0.305 e. The van der Waals surface area contributed by atoms with Crippen LogP contribution in [-0.2, 0) is 111 Å². The van der Waals surface area contributed by atoms with E-state index in [0.29, 0.717) is 44.8 Å². The summed E-state index contributed by atoms with van der Waals surface area (Å²) in [6.07, 6.45) is 0.0883. The van der Waals surface area contributed by atoms with Crippen LogP contribution in [0.4, 0.5) is 0 Å². The molecule has 13 amide bonds. The lowest BCUT2D eigenvalue weighted by molar-refractivity contribution is -0.141. The molecule has 1 rings (SSSR count). The van der Waals surface area contributed by atoms with E-state index < -0.39 is 153 Å². The van der Waals surface area contributed by atoms with Crippen molar-refractivity contribution in [2.75, 3.05) is 175 Å². The lowest BCUT2D eigenvalue weighted by Gasteiger charge is -2.28. The van der Waals surface area contributed by atoms with Crippen molar-refractivity contribution in [3.8, 4) is 0 Å². The van der Waals surface area contributed by atoms with E-state index in [4.69, 9.17) is 72.1 Å². The zero-order valence-corrected chi connectivity index (χ0v) is 69.1. The first kappa shape index (κ1) is 104.